The van der Waals surface area contributed by atoms with Crippen LogP contribution >= 0.6 is 11.6 Å². The third kappa shape index (κ3) is 4.43. The predicted molar refractivity (Wildman–Crippen MR) is 82.2 cm³/mol. The number of benzene rings is 1. The minimum atomic E-state index is -0.649. The van der Waals surface area contributed by atoms with Gasteiger partial charge in [0.25, 0.3) is 0 Å². The number of ether oxygens (including phenoxy) is 1. The molecule has 4 nitrogen and oxygen atoms in total. The van der Waals surface area contributed by atoms with Crippen molar-refractivity contribution < 1.29 is 14.6 Å². The molecule has 2 atom stereocenters. The van der Waals surface area contributed by atoms with E-state index in [1.54, 1.807) is 6.07 Å². The molecule has 0 spiro atoms. The standard InChI is InChI=1S/C16H22ClNO3/c1-11(16(20)21-2)9-18(12-7-8-12)10-15(19)13-5-3-4-6-14(13)17/h3-6,11-12,15,19H,7-10H2,1-2H3. The molecule has 1 aromatic rings. The molecule has 1 aromatic carbocycles. The highest BCUT2D eigenvalue weighted by Crippen LogP contribution is 2.31. The lowest BCUT2D eigenvalue weighted by molar-refractivity contribution is -0.145. The topological polar surface area (TPSA) is 49.8 Å². The van der Waals surface area contributed by atoms with Crippen LogP contribution in [0.5, 0.6) is 0 Å². The van der Waals surface area contributed by atoms with Gasteiger partial charge in [0.15, 0.2) is 0 Å². The third-order valence-corrected chi connectivity index (χ3v) is 4.19. The number of rotatable bonds is 7. The van der Waals surface area contributed by atoms with Gasteiger partial charge in [-0.25, -0.2) is 0 Å². The van der Waals surface area contributed by atoms with Gasteiger partial charge in [-0.2, -0.15) is 0 Å². The van der Waals surface area contributed by atoms with Gasteiger partial charge in [0, 0.05) is 29.7 Å². The quantitative estimate of drug-likeness (QED) is 0.787. The maximum atomic E-state index is 11.6. The highest BCUT2D eigenvalue weighted by atomic mass is 35.5. The number of aliphatic hydroxyl groups excluding tert-OH is 1. The number of nitrogens with zero attached hydrogens (tertiary/aromatic N) is 1. The first-order valence-electron chi connectivity index (χ1n) is 7.27. The Hall–Kier alpha value is -1.10. The molecule has 0 heterocycles. The number of hydrogen-bond donors (Lipinski definition) is 1. The summed E-state index contributed by atoms with van der Waals surface area (Å²) in [5.74, 6) is -0.415. The van der Waals surface area contributed by atoms with Crippen LogP contribution in [0, 0.1) is 5.92 Å². The van der Waals surface area contributed by atoms with Crippen LogP contribution in [0.25, 0.3) is 0 Å². The molecular weight excluding hydrogens is 290 g/mol. The zero-order valence-corrected chi connectivity index (χ0v) is 13.2. The molecule has 2 rings (SSSR count). The molecule has 1 fully saturated rings. The summed E-state index contributed by atoms with van der Waals surface area (Å²) in [7, 11) is 1.40. The van der Waals surface area contributed by atoms with Crippen LogP contribution in [0.15, 0.2) is 24.3 Å². The first-order chi connectivity index (χ1) is 10.0. The van der Waals surface area contributed by atoms with E-state index in [1.807, 2.05) is 25.1 Å². The van der Waals surface area contributed by atoms with E-state index in [-0.39, 0.29) is 11.9 Å². The first-order valence-corrected chi connectivity index (χ1v) is 7.65. The molecule has 5 heteroatoms. The monoisotopic (exact) mass is 311 g/mol. The average Bonchev–Trinajstić information content (AvgIpc) is 3.30. The molecule has 0 amide bonds. The number of aliphatic hydroxyl groups is 1. The summed E-state index contributed by atoms with van der Waals surface area (Å²) < 4.78 is 4.77. The van der Waals surface area contributed by atoms with Gasteiger partial charge in [-0.05, 0) is 18.9 Å². The molecular formula is C16H22ClNO3. The predicted octanol–water partition coefficient (Wildman–Crippen LogP) is 2.65. The smallest absolute Gasteiger partial charge is 0.309 e. The van der Waals surface area contributed by atoms with E-state index in [0.717, 1.165) is 18.4 Å². The molecule has 0 radical (unpaired) electrons. The second-order valence-corrected chi connectivity index (χ2v) is 6.05. The maximum absolute atomic E-state index is 11.6. The Morgan fingerprint density at radius 2 is 2.10 bits per heavy atom. The fraction of sp³-hybridized carbons (Fsp3) is 0.562. The van der Waals surface area contributed by atoms with E-state index in [1.165, 1.54) is 7.11 Å². The van der Waals surface area contributed by atoms with Gasteiger partial charge in [0.2, 0.25) is 0 Å². The Balaban J connectivity index is 2.00. The minimum Gasteiger partial charge on any atom is -0.469 e. The zero-order valence-electron chi connectivity index (χ0n) is 12.5. The van der Waals surface area contributed by atoms with Crippen LogP contribution in [0.1, 0.15) is 31.4 Å². The van der Waals surface area contributed by atoms with Crippen molar-refractivity contribution in [1.29, 1.82) is 0 Å². The molecule has 1 N–H and O–H groups in total. The summed E-state index contributed by atoms with van der Waals surface area (Å²) >= 11 is 6.12. The van der Waals surface area contributed by atoms with Crippen molar-refractivity contribution in [3.8, 4) is 0 Å². The first kappa shape index (κ1) is 16.3. The van der Waals surface area contributed by atoms with Crippen molar-refractivity contribution >= 4 is 17.6 Å². The second-order valence-electron chi connectivity index (χ2n) is 5.65. The van der Waals surface area contributed by atoms with Crippen molar-refractivity contribution in [3.05, 3.63) is 34.9 Å². The van der Waals surface area contributed by atoms with Crippen molar-refractivity contribution in [2.75, 3.05) is 20.2 Å². The molecule has 1 aliphatic rings. The lowest BCUT2D eigenvalue weighted by Crippen LogP contribution is -2.37. The molecule has 0 saturated heterocycles. The van der Waals surface area contributed by atoms with Gasteiger partial charge in [0.05, 0.1) is 19.1 Å². The molecule has 0 aromatic heterocycles. The summed E-state index contributed by atoms with van der Waals surface area (Å²) in [6.07, 6.45) is 1.58. The van der Waals surface area contributed by atoms with Gasteiger partial charge in [-0.1, -0.05) is 36.7 Å². The van der Waals surface area contributed by atoms with E-state index in [2.05, 4.69) is 4.90 Å². The molecule has 116 valence electrons. The van der Waals surface area contributed by atoms with Crippen LogP contribution in [0.2, 0.25) is 5.02 Å². The van der Waals surface area contributed by atoms with Crippen LogP contribution < -0.4 is 0 Å². The van der Waals surface area contributed by atoms with E-state index in [0.29, 0.717) is 24.2 Å². The lowest BCUT2D eigenvalue weighted by atomic mass is 10.1. The van der Waals surface area contributed by atoms with Crippen molar-refractivity contribution in [2.24, 2.45) is 5.92 Å². The number of esters is 1. The Morgan fingerprint density at radius 3 is 2.67 bits per heavy atom. The van der Waals surface area contributed by atoms with E-state index >= 15 is 0 Å². The van der Waals surface area contributed by atoms with E-state index in [4.69, 9.17) is 16.3 Å². The minimum absolute atomic E-state index is 0.200. The number of carbonyl (C=O) groups is 1. The summed E-state index contributed by atoms with van der Waals surface area (Å²) in [5, 5.41) is 11.0. The van der Waals surface area contributed by atoms with Gasteiger partial charge >= 0.3 is 5.97 Å². The third-order valence-electron chi connectivity index (χ3n) is 3.85. The fourth-order valence-electron chi connectivity index (χ4n) is 2.51. The summed E-state index contributed by atoms with van der Waals surface area (Å²) in [6, 6.07) is 7.77. The normalized spacial score (nSPS) is 17.6. The number of halogens is 1. The van der Waals surface area contributed by atoms with E-state index < -0.39 is 6.10 Å². The van der Waals surface area contributed by atoms with Crippen molar-refractivity contribution in [1.82, 2.24) is 4.90 Å². The lowest BCUT2D eigenvalue weighted by Gasteiger charge is -2.27. The van der Waals surface area contributed by atoms with Crippen molar-refractivity contribution in [2.45, 2.75) is 31.9 Å². The van der Waals surface area contributed by atoms with Gasteiger partial charge in [-0.3, -0.25) is 9.69 Å². The Morgan fingerprint density at radius 1 is 1.43 bits per heavy atom. The maximum Gasteiger partial charge on any atom is 0.309 e. The molecule has 0 aliphatic heterocycles. The number of hydrogen-bond acceptors (Lipinski definition) is 4. The second kappa shape index (κ2) is 7.25. The van der Waals surface area contributed by atoms with Gasteiger partial charge in [-0.15, -0.1) is 0 Å². The Kier molecular flexibility index (Phi) is 5.62. The summed E-state index contributed by atoms with van der Waals surface area (Å²) in [6.45, 7) is 2.93. The molecule has 1 aliphatic carbocycles. The van der Waals surface area contributed by atoms with Gasteiger partial charge < -0.3 is 9.84 Å². The zero-order chi connectivity index (χ0) is 15.4. The van der Waals surface area contributed by atoms with Crippen LogP contribution in [0.4, 0.5) is 0 Å². The van der Waals surface area contributed by atoms with Crippen LogP contribution in [-0.4, -0.2) is 42.2 Å². The SMILES string of the molecule is COC(=O)C(C)CN(CC(O)c1ccccc1Cl)C1CC1. The number of carbonyl (C=O) groups excluding carboxylic acids is 1. The average molecular weight is 312 g/mol. The Labute approximate surface area is 130 Å². The summed E-state index contributed by atoms with van der Waals surface area (Å²) in [4.78, 5) is 13.7. The fourth-order valence-corrected chi connectivity index (χ4v) is 2.77. The van der Waals surface area contributed by atoms with Crippen LogP contribution in [-0.2, 0) is 9.53 Å². The molecule has 2 unspecified atom stereocenters. The van der Waals surface area contributed by atoms with Crippen molar-refractivity contribution in [3.63, 3.8) is 0 Å². The molecule has 1 saturated carbocycles. The molecule has 21 heavy (non-hydrogen) atoms. The highest BCUT2D eigenvalue weighted by Gasteiger charge is 2.33. The van der Waals surface area contributed by atoms with E-state index in [9.17, 15) is 9.90 Å². The largest absolute Gasteiger partial charge is 0.469 e. The summed E-state index contributed by atoms with van der Waals surface area (Å²) in [5.41, 5.74) is 0.732. The van der Waals surface area contributed by atoms with Gasteiger partial charge in [0.1, 0.15) is 0 Å². The number of methoxy groups -OCH3 is 1. The van der Waals surface area contributed by atoms with Crippen LogP contribution in [0.3, 0.4) is 0 Å². The molecule has 0 bridgehead atoms. The Bertz CT molecular complexity index is 490. The highest BCUT2D eigenvalue weighted by molar-refractivity contribution is 6.31.